The van der Waals surface area contributed by atoms with Crippen LogP contribution in [0.3, 0.4) is 0 Å². The summed E-state index contributed by atoms with van der Waals surface area (Å²) < 4.78 is 43.7. The van der Waals surface area contributed by atoms with Gasteiger partial charge in [-0.05, 0) is 43.2 Å². The van der Waals surface area contributed by atoms with E-state index in [1.165, 1.54) is 29.6 Å². The van der Waals surface area contributed by atoms with E-state index in [1.807, 2.05) is 0 Å². The van der Waals surface area contributed by atoms with Gasteiger partial charge in [0.2, 0.25) is 10.0 Å². The average Bonchev–Trinajstić information content (AvgIpc) is 2.99. The van der Waals surface area contributed by atoms with Gasteiger partial charge >= 0.3 is 11.9 Å². The van der Waals surface area contributed by atoms with Gasteiger partial charge in [-0.1, -0.05) is 30.3 Å². The predicted octanol–water partition coefficient (Wildman–Crippen LogP) is 3.47. The lowest BCUT2D eigenvalue weighted by molar-refractivity contribution is -0.144. The summed E-state index contributed by atoms with van der Waals surface area (Å²) >= 11 is 0. The molecule has 1 aliphatic heterocycles. The first-order valence-electron chi connectivity index (χ1n) is 10.6. The molecular formula is C24H27NO7S. The van der Waals surface area contributed by atoms with Gasteiger partial charge in [0.05, 0.1) is 37.7 Å². The molecule has 0 aliphatic carbocycles. The number of sulfonamides is 1. The molecule has 176 valence electrons. The third-order valence-corrected chi connectivity index (χ3v) is 7.12. The zero-order chi connectivity index (χ0) is 24.0. The number of benzene rings is 2. The van der Waals surface area contributed by atoms with Crippen molar-refractivity contribution in [3.05, 3.63) is 65.2 Å². The van der Waals surface area contributed by atoms with E-state index in [9.17, 15) is 18.0 Å². The smallest absolute Gasteiger partial charge is 0.330 e. The molecule has 0 radical (unpaired) electrons. The summed E-state index contributed by atoms with van der Waals surface area (Å²) in [7, 11) is -2.41. The Hall–Kier alpha value is -3.17. The summed E-state index contributed by atoms with van der Waals surface area (Å²) in [5, 5.41) is 0. The Balaban J connectivity index is 2.02. The maximum atomic E-state index is 13.5. The van der Waals surface area contributed by atoms with Crippen LogP contribution in [0.25, 0.3) is 6.08 Å². The van der Waals surface area contributed by atoms with E-state index >= 15 is 0 Å². The van der Waals surface area contributed by atoms with Crippen LogP contribution in [0.15, 0.2) is 53.4 Å². The number of fused-ring (bicyclic) bond motifs is 1. The molecule has 1 aliphatic rings. The fraction of sp³-hybridized carbons (Fsp3) is 0.333. The number of methoxy groups -OCH3 is 1. The lowest BCUT2D eigenvalue weighted by Gasteiger charge is -2.23. The molecule has 8 nitrogen and oxygen atoms in total. The Morgan fingerprint density at radius 1 is 1.06 bits per heavy atom. The van der Waals surface area contributed by atoms with Gasteiger partial charge in [0.1, 0.15) is 5.75 Å². The van der Waals surface area contributed by atoms with Crippen LogP contribution >= 0.6 is 0 Å². The van der Waals surface area contributed by atoms with Crippen molar-refractivity contribution >= 4 is 28.0 Å². The monoisotopic (exact) mass is 473 g/mol. The topological polar surface area (TPSA) is 99.2 Å². The van der Waals surface area contributed by atoms with E-state index in [-0.39, 0.29) is 31.1 Å². The minimum Gasteiger partial charge on any atom is -0.496 e. The SMILES string of the molecule is CCOC(=O)/C=C/c1ccc2c(c1)S(=O)(=O)N(Cc1ccccc1OC)C2CC(=O)OCC. The van der Waals surface area contributed by atoms with Crippen molar-refractivity contribution in [2.75, 3.05) is 20.3 Å². The number of rotatable bonds is 9. The van der Waals surface area contributed by atoms with Crippen molar-refractivity contribution < 1.29 is 32.2 Å². The van der Waals surface area contributed by atoms with E-state index in [4.69, 9.17) is 14.2 Å². The minimum atomic E-state index is -3.93. The van der Waals surface area contributed by atoms with Gasteiger partial charge in [-0.15, -0.1) is 0 Å². The number of hydrogen-bond donors (Lipinski definition) is 0. The molecule has 3 rings (SSSR count). The van der Waals surface area contributed by atoms with Crippen LogP contribution in [-0.2, 0) is 35.6 Å². The molecular weight excluding hydrogens is 446 g/mol. The number of nitrogens with zero attached hydrogens (tertiary/aromatic N) is 1. The summed E-state index contributed by atoms with van der Waals surface area (Å²) in [6.45, 7) is 3.88. The zero-order valence-electron chi connectivity index (χ0n) is 18.8. The Morgan fingerprint density at radius 2 is 1.79 bits per heavy atom. The largest absolute Gasteiger partial charge is 0.496 e. The maximum Gasteiger partial charge on any atom is 0.330 e. The highest BCUT2D eigenvalue weighted by atomic mass is 32.2. The third kappa shape index (κ3) is 5.43. The Kier molecular flexibility index (Phi) is 7.88. The van der Waals surface area contributed by atoms with Crippen molar-refractivity contribution in [2.24, 2.45) is 0 Å². The lowest BCUT2D eigenvalue weighted by atomic mass is 10.0. The molecule has 0 bridgehead atoms. The molecule has 1 heterocycles. The standard InChI is InChI=1S/C24H27NO7S/c1-4-31-23(26)13-11-17-10-12-19-20(15-24(27)32-5-2)25(33(28,29)22(19)14-17)16-18-8-6-7-9-21(18)30-3/h6-14,20H,4-5,15-16H2,1-3H3/b13-11+. The first-order valence-corrected chi connectivity index (χ1v) is 12.0. The minimum absolute atomic E-state index is 0.0269. The number of carbonyl (C=O) groups is 2. The normalized spacial score (nSPS) is 17.0. The van der Waals surface area contributed by atoms with Gasteiger partial charge in [-0.2, -0.15) is 4.31 Å². The summed E-state index contributed by atoms with van der Waals surface area (Å²) in [6.07, 6.45) is 2.62. The van der Waals surface area contributed by atoms with Crippen LogP contribution in [0.5, 0.6) is 5.75 Å². The van der Waals surface area contributed by atoms with Gasteiger partial charge in [0, 0.05) is 18.2 Å². The highest BCUT2D eigenvalue weighted by Gasteiger charge is 2.44. The van der Waals surface area contributed by atoms with Gasteiger partial charge < -0.3 is 14.2 Å². The first-order chi connectivity index (χ1) is 15.8. The number of hydrogen-bond acceptors (Lipinski definition) is 7. The maximum absolute atomic E-state index is 13.5. The van der Waals surface area contributed by atoms with Crippen molar-refractivity contribution in [1.82, 2.24) is 4.31 Å². The molecule has 0 saturated carbocycles. The van der Waals surface area contributed by atoms with Crippen LogP contribution in [-0.4, -0.2) is 45.0 Å². The second-order valence-corrected chi connectivity index (χ2v) is 9.13. The molecule has 0 amide bonds. The third-order valence-electron chi connectivity index (χ3n) is 5.21. The van der Waals surface area contributed by atoms with Gasteiger partial charge in [0.15, 0.2) is 0 Å². The molecule has 9 heteroatoms. The molecule has 1 unspecified atom stereocenters. The Morgan fingerprint density at radius 3 is 2.48 bits per heavy atom. The Bertz CT molecular complexity index is 1160. The van der Waals surface area contributed by atoms with Crippen LogP contribution in [0, 0.1) is 0 Å². The molecule has 0 spiro atoms. The summed E-state index contributed by atoms with van der Waals surface area (Å²) in [5.41, 5.74) is 1.71. The molecule has 2 aromatic carbocycles. The van der Waals surface area contributed by atoms with Crippen LogP contribution in [0.4, 0.5) is 0 Å². The fourth-order valence-corrected chi connectivity index (χ4v) is 5.61. The van der Waals surface area contributed by atoms with E-state index in [2.05, 4.69) is 0 Å². The quantitative estimate of drug-likeness (QED) is 0.406. The van der Waals surface area contributed by atoms with Crippen LogP contribution in [0.1, 0.15) is 43.0 Å². The second-order valence-electron chi connectivity index (χ2n) is 7.27. The van der Waals surface area contributed by atoms with Gasteiger partial charge in [0.25, 0.3) is 0 Å². The zero-order valence-corrected chi connectivity index (χ0v) is 19.6. The highest BCUT2D eigenvalue weighted by Crippen LogP contribution is 2.43. The van der Waals surface area contributed by atoms with Gasteiger partial charge in [-0.25, -0.2) is 13.2 Å². The highest BCUT2D eigenvalue weighted by molar-refractivity contribution is 7.89. The van der Waals surface area contributed by atoms with E-state index in [0.29, 0.717) is 22.4 Å². The van der Waals surface area contributed by atoms with Crippen molar-refractivity contribution in [3.8, 4) is 5.75 Å². The van der Waals surface area contributed by atoms with Crippen LogP contribution < -0.4 is 4.74 Å². The molecule has 0 saturated heterocycles. The predicted molar refractivity (Wildman–Crippen MR) is 122 cm³/mol. The molecule has 33 heavy (non-hydrogen) atoms. The second kappa shape index (κ2) is 10.6. The molecule has 2 aromatic rings. The fourth-order valence-electron chi connectivity index (χ4n) is 3.74. The average molecular weight is 474 g/mol. The first kappa shape index (κ1) is 24.5. The number of para-hydroxylation sites is 1. The van der Waals surface area contributed by atoms with E-state index < -0.39 is 28.0 Å². The number of ether oxygens (including phenoxy) is 3. The molecule has 0 fully saturated rings. The van der Waals surface area contributed by atoms with E-state index in [1.54, 1.807) is 50.2 Å². The van der Waals surface area contributed by atoms with Crippen LogP contribution in [0.2, 0.25) is 0 Å². The van der Waals surface area contributed by atoms with Gasteiger partial charge in [-0.3, -0.25) is 4.79 Å². The molecule has 0 aromatic heterocycles. The number of esters is 2. The van der Waals surface area contributed by atoms with E-state index in [0.717, 1.165) is 0 Å². The number of carbonyl (C=O) groups excluding carboxylic acids is 2. The Labute approximate surface area is 193 Å². The van der Waals surface area contributed by atoms with Crippen molar-refractivity contribution in [3.63, 3.8) is 0 Å². The molecule has 0 N–H and O–H groups in total. The summed E-state index contributed by atoms with van der Waals surface area (Å²) in [5.74, 6) is -0.447. The lowest BCUT2D eigenvalue weighted by Crippen LogP contribution is -2.30. The molecule has 1 atom stereocenters. The summed E-state index contributed by atoms with van der Waals surface area (Å²) in [4.78, 5) is 24.0. The van der Waals surface area contributed by atoms with Crippen molar-refractivity contribution in [1.29, 1.82) is 0 Å². The van der Waals surface area contributed by atoms with Crippen molar-refractivity contribution in [2.45, 2.75) is 37.8 Å². The summed E-state index contributed by atoms with van der Waals surface area (Å²) in [6, 6.07) is 11.3.